The fourth-order valence-corrected chi connectivity index (χ4v) is 11.4. The van der Waals surface area contributed by atoms with E-state index in [1.165, 1.54) is 77.2 Å². The third-order valence-electron chi connectivity index (χ3n) is 16.5. The molecule has 0 bridgehead atoms. The number of hydrogen-bond donors (Lipinski definition) is 5. The highest BCUT2D eigenvalue weighted by Crippen LogP contribution is 2.59. The summed E-state index contributed by atoms with van der Waals surface area (Å²) in [5.41, 5.74) is 2.77. The maximum atomic E-state index is 14.1. The van der Waals surface area contributed by atoms with Crippen molar-refractivity contribution >= 4 is 85.8 Å². The number of pyridine rings is 1. The fourth-order valence-electron chi connectivity index (χ4n) is 11.1. The van der Waals surface area contributed by atoms with Crippen LogP contribution in [0.15, 0.2) is 47.3 Å². The van der Waals surface area contributed by atoms with Gasteiger partial charge in [0.15, 0.2) is 5.78 Å². The van der Waals surface area contributed by atoms with E-state index in [-0.39, 0.29) is 156 Å². The Hall–Kier alpha value is -7.33. The first-order chi connectivity index (χ1) is 44.9. The van der Waals surface area contributed by atoms with Gasteiger partial charge in [-0.25, -0.2) is 19.7 Å². The van der Waals surface area contributed by atoms with Crippen molar-refractivity contribution < 1.29 is 71.6 Å². The van der Waals surface area contributed by atoms with E-state index in [0.29, 0.717) is 57.5 Å². The Bertz CT molecular complexity index is 3110. The van der Waals surface area contributed by atoms with Gasteiger partial charge in [-0.3, -0.25) is 43.0 Å². The summed E-state index contributed by atoms with van der Waals surface area (Å²) < 4.78 is 33.4. The van der Waals surface area contributed by atoms with Crippen molar-refractivity contribution in [2.24, 2.45) is 5.41 Å². The molecule has 6 amide bonds. The van der Waals surface area contributed by atoms with Crippen molar-refractivity contribution in [2.45, 2.75) is 180 Å². The number of aromatic nitrogens is 5. The lowest BCUT2D eigenvalue weighted by molar-refractivity contribution is -0.145. The minimum absolute atomic E-state index is 0.00476. The lowest BCUT2D eigenvalue weighted by Crippen LogP contribution is -2.47. The number of piperidine rings is 1. The Kier molecular flexibility index (Phi) is 32.2. The summed E-state index contributed by atoms with van der Waals surface area (Å²) in [5.74, 6) is -2.08. The average Bonchev–Trinajstić information content (AvgIpc) is 1.55. The maximum absolute atomic E-state index is 14.1. The van der Waals surface area contributed by atoms with E-state index >= 15 is 0 Å². The van der Waals surface area contributed by atoms with Crippen LogP contribution >= 0.6 is 15.9 Å². The van der Waals surface area contributed by atoms with Crippen LogP contribution in [0.1, 0.15) is 164 Å². The summed E-state index contributed by atoms with van der Waals surface area (Å²) in [6, 6.07) is 7.37. The number of ketones is 1. The third-order valence-corrected chi connectivity index (χ3v) is 16.9. The van der Waals surface area contributed by atoms with Gasteiger partial charge in [0, 0.05) is 68.7 Å². The number of methoxy groups -OCH3 is 2. The standard InChI is InChI=1S/C66H94BrN11O15/c1-45-22-26-54(67)74-63(45)75-64(86)52-37-66(3)38-53(66)78(52)60(84)42-77-51-25-23-47(36-49(51)62(76-77)46(2)79)48-39-70-55(71-40-48)41-72-59(83)44-93-35-33-91-31-29-69-58(82)43-92-34-32-90-30-28-68-56(80)27-24-50(65(87)89-5)73-57(81)20-18-16-14-12-10-8-6-7-9-11-13-15-17-19-21-61(85)88-4/h22-23,25-26,36,39-40,50,52-53H,6-21,24,27-35,37-38,41-44H2,1-5H3,(H,68,80)(H,69,82)(H,72,83)(H,73,81)(H,74,75,86)/t50-,52-,53?,66-/m0/s1. The molecule has 1 saturated carbocycles. The van der Waals surface area contributed by atoms with Gasteiger partial charge in [-0.1, -0.05) is 96.1 Å². The predicted molar refractivity (Wildman–Crippen MR) is 348 cm³/mol. The molecule has 0 radical (unpaired) electrons. The lowest BCUT2D eigenvalue weighted by atomic mass is 10.0. The van der Waals surface area contributed by atoms with Crippen LogP contribution in [-0.4, -0.2) is 181 Å². The fraction of sp³-hybridized carbons (Fsp3) is 0.621. The Balaban J connectivity index is 0.737. The summed E-state index contributed by atoms with van der Waals surface area (Å²) in [6.45, 7) is 6.35. The van der Waals surface area contributed by atoms with Crippen LogP contribution in [0.3, 0.4) is 0 Å². The monoisotopic (exact) mass is 1360 g/mol. The van der Waals surface area contributed by atoms with Crippen LogP contribution in [-0.2, 0) is 79.9 Å². The van der Waals surface area contributed by atoms with Crippen LogP contribution in [0.4, 0.5) is 5.82 Å². The van der Waals surface area contributed by atoms with E-state index in [1.54, 1.807) is 35.5 Å². The van der Waals surface area contributed by atoms with Crippen LogP contribution in [0, 0.1) is 12.3 Å². The molecule has 4 aromatic rings. The van der Waals surface area contributed by atoms with Crippen LogP contribution < -0.4 is 26.6 Å². The van der Waals surface area contributed by atoms with Gasteiger partial charge in [-0.05, 0) is 89.7 Å². The molecule has 1 aliphatic carbocycles. The van der Waals surface area contributed by atoms with E-state index < -0.39 is 18.1 Å². The molecule has 510 valence electrons. The number of nitrogens with zero attached hydrogens (tertiary/aromatic N) is 6. The molecular formula is C66H94BrN11O15. The van der Waals surface area contributed by atoms with Crippen LogP contribution in [0.2, 0.25) is 0 Å². The minimum atomic E-state index is -0.922. The number of ether oxygens (including phenoxy) is 6. The van der Waals surface area contributed by atoms with Crippen molar-refractivity contribution in [1.29, 1.82) is 0 Å². The maximum Gasteiger partial charge on any atom is 0.328 e. The first kappa shape index (κ1) is 74.7. The van der Waals surface area contributed by atoms with E-state index in [2.05, 4.69) is 74.2 Å². The second-order valence-corrected chi connectivity index (χ2v) is 24.7. The number of halogens is 1. The lowest BCUT2D eigenvalue weighted by Gasteiger charge is -2.27. The number of hydrogen-bond acceptors (Lipinski definition) is 19. The number of carbonyl (C=O) groups excluding carboxylic acids is 9. The predicted octanol–water partition coefficient (Wildman–Crippen LogP) is 6.95. The Morgan fingerprint density at radius 1 is 0.656 bits per heavy atom. The largest absolute Gasteiger partial charge is 0.469 e. The van der Waals surface area contributed by atoms with Crippen molar-refractivity contribution in [3.63, 3.8) is 0 Å². The number of aryl methyl sites for hydroxylation is 1. The molecule has 1 aliphatic heterocycles. The number of unbranched alkanes of at least 4 members (excludes halogenated alkanes) is 13. The van der Waals surface area contributed by atoms with Gasteiger partial charge in [0.25, 0.3) is 0 Å². The van der Waals surface area contributed by atoms with Crippen molar-refractivity contribution in [3.8, 4) is 11.1 Å². The smallest absolute Gasteiger partial charge is 0.328 e. The zero-order valence-electron chi connectivity index (χ0n) is 54.6. The summed E-state index contributed by atoms with van der Waals surface area (Å²) in [5, 5.41) is 18.9. The number of carbonyl (C=O) groups is 9. The number of nitrogens with one attached hydrogen (secondary N) is 5. The van der Waals surface area contributed by atoms with Gasteiger partial charge in [-0.2, -0.15) is 5.10 Å². The molecule has 3 aromatic heterocycles. The van der Waals surface area contributed by atoms with Crippen molar-refractivity contribution in [3.05, 3.63) is 64.4 Å². The zero-order valence-corrected chi connectivity index (χ0v) is 56.2. The molecule has 4 atom stereocenters. The SMILES string of the molecule is COC(=O)CCCCCCCCCCCCCCCCC(=O)N[C@@H](CCC(=O)NCCOCCOCC(=O)NCCOCCOCC(=O)NCc1ncc(-c2ccc3c(c2)c(C(C)=O)nn3CC(=O)N2C3C[C@]3(C)C[C@H]2C(=O)Nc2nc(Br)ccc2C)cn1)C(=O)OC. The molecule has 1 saturated heterocycles. The van der Waals surface area contributed by atoms with E-state index in [1.807, 2.05) is 19.1 Å². The van der Waals surface area contributed by atoms with Gasteiger partial charge in [0.05, 0.1) is 65.9 Å². The number of amides is 6. The molecule has 6 rings (SSSR count). The molecule has 93 heavy (non-hydrogen) atoms. The highest BCUT2D eigenvalue weighted by atomic mass is 79.9. The number of fused-ring (bicyclic) bond motifs is 2. The molecule has 26 nitrogen and oxygen atoms in total. The number of benzene rings is 1. The van der Waals surface area contributed by atoms with Gasteiger partial charge in [0.1, 0.15) is 53.8 Å². The second kappa shape index (κ2) is 40.0. The summed E-state index contributed by atoms with van der Waals surface area (Å²) in [4.78, 5) is 129. The summed E-state index contributed by atoms with van der Waals surface area (Å²) >= 11 is 3.36. The molecule has 4 heterocycles. The van der Waals surface area contributed by atoms with E-state index in [9.17, 15) is 43.2 Å². The summed E-state index contributed by atoms with van der Waals surface area (Å²) in [6.07, 6.45) is 21.1. The highest BCUT2D eigenvalue weighted by Gasteiger charge is 2.64. The number of anilines is 1. The zero-order chi connectivity index (χ0) is 67.0. The molecule has 27 heteroatoms. The van der Waals surface area contributed by atoms with Crippen LogP contribution in [0.25, 0.3) is 22.0 Å². The number of rotatable bonds is 46. The Morgan fingerprint density at radius 3 is 1.84 bits per heavy atom. The van der Waals surface area contributed by atoms with Crippen molar-refractivity contribution in [2.75, 3.05) is 85.5 Å². The van der Waals surface area contributed by atoms with Gasteiger partial charge in [-0.15, -0.1) is 0 Å². The van der Waals surface area contributed by atoms with Crippen LogP contribution in [0.5, 0.6) is 0 Å². The molecule has 5 N–H and O–H groups in total. The number of esters is 2. The van der Waals surface area contributed by atoms with Gasteiger partial charge in [0.2, 0.25) is 35.4 Å². The normalized spacial score (nSPS) is 15.9. The van der Waals surface area contributed by atoms with Gasteiger partial charge >= 0.3 is 11.9 Å². The second-order valence-electron chi connectivity index (χ2n) is 23.9. The number of Topliss-reactive ketones (excluding diaryl/α,β-unsaturated/α-hetero) is 1. The minimum Gasteiger partial charge on any atom is -0.469 e. The van der Waals surface area contributed by atoms with E-state index in [4.69, 9.17) is 23.7 Å². The van der Waals surface area contributed by atoms with Gasteiger partial charge < -0.3 is 59.9 Å². The summed E-state index contributed by atoms with van der Waals surface area (Å²) in [7, 11) is 2.67. The molecule has 2 fully saturated rings. The Morgan fingerprint density at radius 2 is 1.24 bits per heavy atom. The average molecular weight is 1360 g/mol. The third kappa shape index (κ3) is 25.8. The van der Waals surface area contributed by atoms with E-state index in [0.717, 1.165) is 50.5 Å². The van der Waals surface area contributed by atoms with Crippen molar-refractivity contribution in [1.82, 2.24) is 50.9 Å². The molecule has 0 spiro atoms. The first-order valence-corrected chi connectivity index (χ1v) is 33.3. The quantitative estimate of drug-likeness (QED) is 0.0129. The topological polar surface area (TPSA) is 329 Å². The molecule has 1 unspecified atom stereocenters. The number of likely N-dealkylation sites (tertiary alicyclic amines) is 1. The Labute approximate surface area is 552 Å². The molecule has 1 aromatic carbocycles. The molecule has 2 aliphatic rings. The first-order valence-electron chi connectivity index (χ1n) is 32.5. The highest BCUT2D eigenvalue weighted by molar-refractivity contribution is 9.10. The molecular weight excluding hydrogens is 1270 g/mol.